The largest absolute Gasteiger partial charge is 0.496 e. The summed E-state index contributed by atoms with van der Waals surface area (Å²) in [4.78, 5) is 23.3. The van der Waals surface area contributed by atoms with E-state index in [1.807, 2.05) is 23.7 Å². The first-order valence-electron chi connectivity index (χ1n) is 11.7. The number of hydrogen-bond donors (Lipinski definition) is 2. The van der Waals surface area contributed by atoms with Gasteiger partial charge in [-0.3, -0.25) is 9.48 Å². The molecule has 3 N–H and O–H groups in total. The van der Waals surface area contributed by atoms with Crippen molar-refractivity contribution in [2.45, 2.75) is 64.0 Å². The van der Waals surface area contributed by atoms with E-state index in [1.165, 1.54) is 19.3 Å². The van der Waals surface area contributed by atoms with Crippen LogP contribution in [0.15, 0.2) is 23.0 Å². The first-order valence-corrected chi connectivity index (χ1v) is 11.7. The first kappa shape index (κ1) is 21.0. The number of ether oxygens (including phenoxy) is 1. The highest BCUT2D eigenvalue weighted by molar-refractivity contribution is 5.80. The zero-order valence-corrected chi connectivity index (χ0v) is 18.9. The molecule has 1 aromatic carbocycles. The summed E-state index contributed by atoms with van der Waals surface area (Å²) >= 11 is 0. The Morgan fingerprint density at radius 3 is 2.59 bits per heavy atom. The van der Waals surface area contributed by atoms with Gasteiger partial charge in [-0.2, -0.15) is 5.10 Å². The second-order valence-electron chi connectivity index (χ2n) is 9.14. The molecule has 1 saturated carbocycles. The number of aryl methyl sites for hydroxylation is 1. The van der Waals surface area contributed by atoms with Crippen molar-refractivity contribution in [3.8, 4) is 17.1 Å². The van der Waals surface area contributed by atoms with Crippen LogP contribution in [0.25, 0.3) is 22.4 Å². The quantitative estimate of drug-likeness (QED) is 0.649. The van der Waals surface area contributed by atoms with Crippen molar-refractivity contribution >= 4 is 16.7 Å². The molecule has 2 aliphatic rings. The monoisotopic (exact) mass is 436 g/mol. The maximum Gasteiger partial charge on any atom is 0.277 e. The fourth-order valence-corrected chi connectivity index (χ4v) is 5.14. The summed E-state index contributed by atoms with van der Waals surface area (Å²) in [5, 5.41) is 4.72. The van der Waals surface area contributed by atoms with Crippen LogP contribution in [-0.2, 0) is 0 Å². The van der Waals surface area contributed by atoms with Gasteiger partial charge >= 0.3 is 0 Å². The molecular formula is C24H32N6O2. The fourth-order valence-electron chi connectivity index (χ4n) is 5.14. The fraction of sp³-hybridized carbons (Fsp3) is 0.542. The zero-order valence-electron chi connectivity index (χ0n) is 18.9. The third-order valence-corrected chi connectivity index (χ3v) is 6.99. The molecule has 3 heterocycles. The summed E-state index contributed by atoms with van der Waals surface area (Å²) in [6.45, 7) is 3.80. The summed E-state index contributed by atoms with van der Waals surface area (Å²) in [7, 11) is 1.65. The highest BCUT2D eigenvalue weighted by atomic mass is 16.5. The number of nitrogens with zero attached hydrogens (tertiary/aromatic N) is 4. The molecular weight excluding hydrogens is 404 g/mol. The van der Waals surface area contributed by atoms with Crippen LogP contribution >= 0.6 is 0 Å². The van der Waals surface area contributed by atoms with Gasteiger partial charge in [-0.15, -0.1) is 0 Å². The maximum absolute atomic E-state index is 13.2. The van der Waals surface area contributed by atoms with Crippen LogP contribution in [0.4, 0.5) is 5.69 Å². The molecule has 8 nitrogen and oxygen atoms in total. The van der Waals surface area contributed by atoms with Gasteiger partial charge in [-0.1, -0.05) is 19.3 Å². The minimum absolute atomic E-state index is 0.146. The highest BCUT2D eigenvalue weighted by Gasteiger charge is 2.24. The number of aromatic amines is 1. The summed E-state index contributed by atoms with van der Waals surface area (Å²) in [6, 6.07) is 6.63. The molecule has 1 aliphatic carbocycles. The minimum Gasteiger partial charge on any atom is -0.496 e. The van der Waals surface area contributed by atoms with Crippen LogP contribution in [0.1, 0.15) is 56.7 Å². The molecule has 0 atom stereocenters. The number of nitrogens with two attached hydrogens (primary N) is 1. The topological polar surface area (TPSA) is 102 Å². The molecule has 1 saturated heterocycles. The Kier molecular flexibility index (Phi) is 5.63. The number of rotatable bonds is 4. The molecule has 8 heteroatoms. The van der Waals surface area contributed by atoms with E-state index in [4.69, 9.17) is 20.6 Å². The van der Waals surface area contributed by atoms with Gasteiger partial charge in [0.15, 0.2) is 5.52 Å². The Bertz CT molecular complexity index is 1170. The van der Waals surface area contributed by atoms with Crippen molar-refractivity contribution < 1.29 is 4.74 Å². The SMILES string of the molecule is COc1cc(N2CCC(N)CC2)ccc1-c1nc2c(C)nn(C3CCCCC3)c2c(=O)[nH]1. The predicted octanol–water partition coefficient (Wildman–Crippen LogP) is 3.54. The molecule has 32 heavy (non-hydrogen) atoms. The number of fused-ring (bicyclic) bond motifs is 1. The van der Waals surface area contributed by atoms with Crippen LogP contribution in [0.5, 0.6) is 5.75 Å². The number of piperidine rings is 1. The number of hydrogen-bond acceptors (Lipinski definition) is 6. The second kappa shape index (κ2) is 8.58. The highest BCUT2D eigenvalue weighted by Crippen LogP contribution is 2.34. The second-order valence-corrected chi connectivity index (χ2v) is 9.14. The van der Waals surface area contributed by atoms with Gasteiger partial charge in [0, 0.05) is 30.9 Å². The average Bonchev–Trinajstić information content (AvgIpc) is 3.16. The third-order valence-electron chi connectivity index (χ3n) is 6.99. The Hall–Kier alpha value is -2.87. The molecule has 0 amide bonds. The van der Waals surface area contributed by atoms with E-state index in [-0.39, 0.29) is 17.6 Å². The van der Waals surface area contributed by atoms with Crippen molar-refractivity contribution in [1.82, 2.24) is 19.7 Å². The van der Waals surface area contributed by atoms with Gasteiger partial charge in [0.25, 0.3) is 5.56 Å². The molecule has 0 bridgehead atoms. The summed E-state index contributed by atoms with van der Waals surface area (Å²) in [6.07, 6.45) is 7.72. The summed E-state index contributed by atoms with van der Waals surface area (Å²) in [5.74, 6) is 1.20. The summed E-state index contributed by atoms with van der Waals surface area (Å²) in [5.41, 5.74) is 9.82. The van der Waals surface area contributed by atoms with E-state index in [1.54, 1.807) is 7.11 Å². The van der Waals surface area contributed by atoms with Crippen LogP contribution < -0.4 is 20.9 Å². The normalized spacial score (nSPS) is 18.4. The molecule has 0 unspecified atom stereocenters. The lowest BCUT2D eigenvalue weighted by Gasteiger charge is -2.32. The number of aromatic nitrogens is 4. The Balaban J connectivity index is 1.53. The van der Waals surface area contributed by atoms with Gasteiger partial charge in [0.05, 0.1) is 24.4 Å². The van der Waals surface area contributed by atoms with Crippen LogP contribution in [0.3, 0.4) is 0 Å². The van der Waals surface area contributed by atoms with Crippen LogP contribution in [-0.4, -0.2) is 46.0 Å². The van der Waals surface area contributed by atoms with E-state index >= 15 is 0 Å². The number of anilines is 1. The molecule has 5 rings (SSSR count). The molecule has 2 fully saturated rings. The predicted molar refractivity (Wildman–Crippen MR) is 126 cm³/mol. The molecule has 1 aliphatic heterocycles. The van der Waals surface area contributed by atoms with E-state index < -0.39 is 0 Å². The average molecular weight is 437 g/mol. The van der Waals surface area contributed by atoms with Crippen LogP contribution in [0, 0.1) is 6.92 Å². The molecule has 170 valence electrons. The molecule has 3 aromatic rings. The molecule has 2 aromatic heterocycles. The Morgan fingerprint density at radius 1 is 1.12 bits per heavy atom. The number of H-pyrrole nitrogens is 1. The van der Waals surface area contributed by atoms with Gasteiger partial charge in [0.2, 0.25) is 0 Å². The lowest BCUT2D eigenvalue weighted by atomic mass is 9.95. The standard InChI is InChI=1S/C24H32N6O2/c1-15-21-22(30(28-15)17-6-4-3-5-7-17)24(31)27-23(26-21)19-9-8-18(14-20(19)32-2)29-12-10-16(25)11-13-29/h8-9,14,16-17H,3-7,10-13,25H2,1-2H3,(H,26,27,31). The minimum atomic E-state index is -0.146. The van der Waals surface area contributed by atoms with Crippen molar-refractivity contribution in [3.63, 3.8) is 0 Å². The van der Waals surface area contributed by atoms with E-state index in [0.29, 0.717) is 22.6 Å². The molecule has 0 radical (unpaired) electrons. The number of methoxy groups -OCH3 is 1. The van der Waals surface area contributed by atoms with E-state index in [0.717, 1.165) is 55.7 Å². The zero-order chi connectivity index (χ0) is 22.2. The molecule has 0 spiro atoms. The van der Waals surface area contributed by atoms with Gasteiger partial charge in [0.1, 0.15) is 17.1 Å². The van der Waals surface area contributed by atoms with Gasteiger partial charge in [-0.25, -0.2) is 4.98 Å². The smallest absolute Gasteiger partial charge is 0.277 e. The lowest BCUT2D eigenvalue weighted by Crippen LogP contribution is -2.39. The lowest BCUT2D eigenvalue weighted by molar-refractivity contribution is 0.336. The maximum atomic E-state index is 13.2. The van der Waals surface area contributed by atoms with E-state index in [9.17, 15) is 4.79 Å². The van der Waals surface area contributed by atoms with Gasteiger partial charge < -0.3 is 20.4 Å². The number of benzene rings is 1. The summed E-state index contributed by atoms with van der Waals surface area (Å²) < 4.78 is 7.62. The Morgan fingerprint density at radius 2 is 1.88 bits per heavy atom. The Labute approximate surface area is 187 Å². The van der Waals surface area contributed by atoms with Crippen LogP contribution in [0.2, 0.25) is 0 Å². The van der Waals surface area contributed by atoms with Crippen molar-refractivity contribution in [3.05, 3.63) is 34.2 Å². The van der Waals surface area contributed by atoms with Crippen molar-refractivity contribution in [2.75, 3.05) is 25.1 Å². The van der Waals surface area contributed by atoms with Crippen molar-refractivity contribution in [1.29, 1.82) is 0 Å². The van der Waals surface area contributed by atoms with E-state index in [2.05, 4.69) is 16.0 Å². The van der Waals surface area contributed by atoms with Crippen molar-refractivity contribution in [2.24, 2.45) is 5.73 Å². The first-order chi connectivity index (χ1) is 15.5. The third kappa shape index (κ3) is 3.77. The van der Waals surface area contributed by atoms with Gasteiger partial charge in [-0.05, 0) is 44.7 Å². The number of nitrogens with one attached hydrogen (secondary N) is 1.